The maximum atomic E-state index is 11.5. The molecule has 0 aromatic heterocycles. The van der Waals surface area contributed by atoms with Gasteiger partial charge in [0, 0.05) is 25.2 Å². The minimum Gasteiger partial charge on any atom is -0.481 e. The van der Waals surface area contributed by atoms with Crippen LogP contribution in [0.5, 0.6) is 0 Å². The zero-order valence-corrected chi connectivity index (χ0v) is 15.8. The van der Waals surface area contributed by atoms with Gasteiger partial charge in [0.1, 0.15) is 0 Å². The van der Waals surface area contributed by atoms with E-state index in [1.165, 1.54) is 6.07 Å². The maximum absolute atomic E-state index is 11.5. The molecule has 1 atom stereocenters. The molecule has 0 bridgehead atoms. The number of nitrogens with zero attached hydrogens (tertiary/aromatic N) is 1. The van der Waals surface area contributed by atoms with Gasteiger partial charge in [0.15, 0.2) is 0 Å². The molecule has 1 heterocycles. The van der Waals surface area contributed by atoms with Crippen molar-refractivity contribution in [3.8, 4) is 0 Å². The number of benzene rings is 1. The molecule has 1 unspecified atom stereocenters. The lowest BCUT2D eigenvalue weighted by molar-refractivity contribution is -0.137. The average molecular weight is 369 g/mol. The minimum atomic E-state index is -4.23. The number of carboxylic acids is 1. The molecule has 0 aliphatic carbocycles. The number of anilines is 1. The molecule has 0 fully saturated rings. The second kappa shape index (κ2) is 7.33. The molecule has 1 aromatic rings. The van der Waals surface area contributed by atoms with Gasteiger partial charge in [-0.1, -0.05) is 27.2 Å². The SMILES string of the molecule is CC1CN(CCCCCC(=O)O)c2ccc(S(=O)(=O)O)cc2C1(C)C. The second-order valence-electron chi connectivity index (χ2n) is 7.43. The first-order valence-electron chi connectivity index (χ1n) is 8.62. The standard InChI is InChI=1S/C18H27NO5S/c1-13-12-19(10-6-4-5-7-17(20)21)16-9-8-14(25(22,23)24)11-15(16)18(13,2)3/h8-9,11,13H,4-7,10,12H2,1-3H3,(H,20,21)(H,22,23,24). The molecule has 0 saturated heterocycles. The Hall–Kier alpha value is -1.60. The lowest BCUT2D eigenvalue weighted by Crippen LogP contribution is -2.44. The number of carboxylic acid groups (broad SMARTS) is 1. The largest absolute Gasteiger partial charge is 0.481 e. The highest BCUT2D eigenvalue weighted by Crippen LogP contribution is 2.43. The summed E-state index contributed by atoms with van der Waals surface area (Å²) in [6.07, 6.45) is 2.59. The summed E-state index contributed by atoms with van der Waals surface area (Å²) in [4.78, 5) is 12.7. The van der Waals surface area contributed by atoms with E-state index >= 15 is 0 Å². The first-order chi connectivity index (χ1) is 11.5. The van der Waals surface area contributed by atoms with Crippen LogP contribution in [-0.4, -0.2) is 37.1 Å². The molecule has 0 spiro atoms. The van der Waals surface area contributed by atoms with Crippen molar-refractivity contribution >= 4 is 21.8 Å². The Morgan fingerprint density at radius 1 is 1.28 bits per heavy atom. The van der Waals surface area contributed by atoms with Crippen molar-refractivity contribution in [2.75, 3.05) is 18.0 Å². The fraction of sp³-hybridized carbons (Fsp3) is 0.611. The number of hydrogen-bond donors (Lipinski definition) is 2. The normalized spacial score (nSPS) is 19.5. The fourth-order valence-electron chi connectivity index (χ4n) is 3.36. The van der Waals surface area contributed by atoms with Gasteiger partial charge in [-0.25, -0.2) is 0 Å². The average Bonchev–Trinajstić information content (AvgIpc) is 2.50. The van der Waals surface area contributed by atoms with E-state index in [-0.39, 0.29) is 16.7 Å². The molecule has 0 radical (unpaired) electrons. The fourth-order valence-corrected chi connectivity index (χ4v) is 3.86. The molecule has 6 nitrogen and oxygen atoms in total. The molecular formula is C18H27NO5S. The molecule has 7 heteroatoms. The van der Waals surface area contributed by atoms with Crippen molar-refractivity contribution in [3.63, 3.8) is 0 Å². The van der Waals surface area contributed by atoms with Gasteiger partial charge in [-0.3, -0.25) is 9.35 Å². The molecule has 1 aliphatic rings. The maximum Gasteiger partial charge on any atom is 0.303 e. The number of aliphatic carboxylic acids is 1. The summed E-state index contributed by atoms with van der Waals surface area (Å²) in [5, 5.41) is 8.70. The first-order valence-corrected chi connectivity index (χ1v) is 10.1. The van der Waals surface area contributed by atoms with Crippen molar-refractivity contribution in [3.05, 3.63) is 23.8 Å². The first kappa shape index (κ1) is 19.7. The Kier molecular flexibility index (Phi) is 5.79. The third-order valence-corrected chi connectivity index (χ3v) is 6.20. The Bertz CT molecular complexity index is 742. The van der Waals surface area contributed by atoms with Crippen molar-refractivity contribution in [2.45, 2.75) is 56.8 Å². The van der Waals surface area contributed by atoms with Crippen LogP contribution in [0.3, 0.4) is 0 Å². The number of fused-ring (bicyclic) bond motifs is 1. The summed E-state index contributed by atoms with van der Waals surface area (Å²) in [6.45, 7) is 7.99. The summed E-state index contributed by atoms with van der Waals surface area (Å²) in [5.41, 5.74) is 1.72. The van der Waals surface area contributed by atoms with Gasteiger partial charge in [-0.2, -0.15) is 8.42 Å². The van der Waals surface area contributed by atoms with E-state index in [2.05, 4.69) is 25.7 Å². The molecule has 25 heavy (non-hydrogen) atoms. The smallest absolute Gasteiger partial charge is 0.303 e. The van der Waals surface area contributed by atoms with Crippen LogP contribution in [0.2, 0.25) is 0 Å². The Labute approximate surface area is 149 Å². The van der Waals surface area contributed by atoms with Gasteiger partial charge in [0.2, 0.25) is 0 Å². The summed E-state index contributed by atoms with van der Waals surface area (Å²) in [6, 6.07) is 4.79. The van der Waals surface area contributed by atoms with Gasteiger partial charge in [-0.05, 0) is 47.9 Å². The van der Waals surface area contributed by atoms with Crippen LogP contribution in [0.4, 0.5) is 5.69 Å². The molecule has 0 saturated carbocycles. The molecule has 2 rings (SSSR count). The summed E-state index contributed by atoms with van der Waals surface area (Å²) in [7, 11) is -4.23. The van der Waals surface area contributed by atoms with Crippen molar-refractivity contribution < 1.29 is 22.9 Å². The van der Waals surface area contributed by atoms with Gasteiger partial charge in [0.25, 0.3) is 10.1 Å². The van der Waals surface area contributed by atoms with Crippen LogP contribution in [-0.2, 0) is 20.3 Å². The molecule has 140 valence electrons. The predicted octanol–water partition coefficient (Wildman–Crippen LogP) is 3.31. The molecule has 2 N–H and O–H groups in total. The number of carbonyl (C=O) groups is 1. The van der Waals surface area contributed by atoms with E-state index in [0.717, 1.165) is 37.2 Å². The van der Waals surface area contributed by atoms with Crippen molar-refractivity contribution in [2.24, 2.45) is 5.92 Å². The van der Waals surface area contributed by atoms with E-state index in [0.29, 0.717) is 12.3 Å². The van der Waals surface area contributed by atoms with Crippen LogP contribution in [0.15, 0.2) is 23.1 Å². The lowest BCUT2D eigenvalue weighted by Gasteiger charge is -2.45. The second-order valence-corrected chi connectivity index (χ2v) is 8.85. The van der Waals surface area contributed by atoms with E-state index < -0.39 is 16.1 Å². The predicted molar refractivity (Wildman–Crippen MR) is 96.8 cm³/mol. The monoisotopic (exact) mass is 369 g/mol. The Morgan fingerprint density at radius 3 is 2.56 bits per heavy atom. The van der Waals surface area contributed by atoms with Crippen LogP contribution in [0, 0.1) is 5.92 Å². The number of rotatable bonds is 7. The Morgan fingerprint density at radius 2 is 1.96 bits per heavy atom. The minimum absolute atomic E-state index is 0.0742. The summed E-state index contributed by atoms with van der Waals surface area (Å²) >= 11 is 0. The Balaban J connectivity index is 2.21. The van der Waals surface area contributed by atoms with Crippen LogP contribution >= 0.6 is 0 Å². The van der Waals surface area contributed by atoms with Crippen LogP contribution < -0.4 is 4.90 Å². The zero-order valence-electron chi connectivity index (χ0n) is 15.0. The van der Waals surface area contributed by atoms with Gasteiger partial charge < -0.3 is 10.0 Å². The van der Waals surface area contributed by atoms with Gasteiger partial charge in [-0.15, -0.1) is 0 Å². The number of unbranched alkanes of at least 4 members (excludes halogenated alkanes) is 2. The van der Waals surface area contributed by atoms with Gasteiger partial charge >= 0.3 is 5.97 Å². The molecule has 0 amide bonds. The summed E-state index contributed by atoms with van der Waals surface area (Å²) < 4.78 is 32.3. The van der Waals surface area contributed by atoms with E-state index in [1.54, 1.807) is 12.1 Å². The third-order valence-electron chi connectivity index (χ3n) is 5.35. The number of hydrogen-bond acceptors (Lipinski definition) is 4. The molecular weight excluding hydrogens is 342 g/mol. The van der Waals surface area contributed by atoms with E-state index in [1.807, 2.05) is 0 Å². The third kappa shape index (κ3) is 4.52. The zero-order chi connectivity index (χ0) is 18.8. The molecule has 1 aliphatic heterocycles. The van der Waals surface area contributed by atoms with E-state index in [4.69, 9.17) is 5.11 Å². The topological polar surface area (TPSA) is 94.9 Å². The van der Waals surface area contributed by atoms with Gasteiger partial charge in [0.05, 0.1) is 4.90 Å². The van der Waals surface area contributed by atoms with Crippen molar-refractivity contribution in [1.29, 1.82) is 0 Å². The van der Waals surface area contributed by atoms with Crippen LogP contribution in [0.1, 0.15) is 52.0 Å². The van der Waals surface area contributed by atoms with E-state index in [9.17, 15) is 17.8 Å². The highest BCUT2D eigenvalue weighted by Gasteiger charge is 2.37. The summed E-state index contributed by atoms with van der Waals surface area (Å²) in [5.74, 6) is -0.452. The van der Waals surface area contributed by atoms with Crippen LogP contribution in [0.25, 0.3) is 0 Å². The van der Waals surface area contributed by atoms with Crippen molar-refractivity contribution in [1.82, 2.24) is 0 Å². The quantitative estimate of drug-likeness (QED) is 0.565. The lowest BCUT2D eigenvalue weighted by atomic mass is 9.71. The highest BCUT2D eigenvalue weighted by molar-refractivity contribution is 7.85. The molecule has 1 aromatic carbocycles. The highest BCUT2D eigenvalue weighted by atomic mass is 32.2.